The monoisotopic (exact) mass is 266 g/mol. The highest BCUT2D eigenvalue weighted by molar-refractivity contribution is 7.80. The standard InChI is InChI=1S/C11H14N4O2S/c1-17-8-2-3-9(12-6-8)15-10(16)4-7-5-13-11(18)14-7/h2-3,6-7H,4-5H2,1H3,(H,12,15,16)(H2,13,14,18). The van der Waals surface area contributed by atoms with Gasteiger partial charge in [0.1, 0.15) is 11.6 Å². The lowest BCUT2D eigenvalue weighted by molar-refractivity contribution is -0.116. The smallest absolute Gasteiger partial charge is 0.227 e. The third-order valence-electron chi connectivity index (χ3n) is 2.52. The molecule has 0 aliphatic carbocycles. The Morgan fingerprint density at radius 1 is 1.67 bits per heavy atom. The number of carbonyl (C=O) groups is 1. The number of methoxy groups -OCH3 is 1. The quantitative estimate of drug-likeness (QED) is 0.679. The maximum absolute atomic E-state index is 11.7. The third kappa shape index (κ3) is 3.30. The summed E-state index contributed by atoms with van der Waals surface area (Å²) in [7, 11) is 1.57. The van der Waals surface area contributed by atoms with Crippen molar-refractivity contribution in [1.29, 1.82) is 0 Å². The van der Waals surface area contributed by atoms with Gasteiger partial charge in [0, 0.05) is 13.0 Å². The SMILES string of the molecule is COc1ccc(NC(=O)CC2CNC(=S)N2)nc1. The van der Waals surface area contributed by atoms with Crippen molar-refractivity contribution in [1.82, 2.24) is 15.6 Å². The molecule has 1 aliphatic heterocycles. The fourth-order valence-corrected chi connectivity index (χ4v) is 1.87. The summed E-state index contributed by atoms with van der Waals surface area (Å²) in [5.74, 6) is 1.06. The molecule has 1 aromatic rings. The van der Waals surface area contributed by atoms with Gasteiger partial charge in [-0.2, -0.15) is 0 Å². The lowest BCUT2D eigenvalue weighted by Crippen LogP contribution is -2.31. The number of hydrogen-bond acceptors (Lipinski definition) is 4. The van der Waals surface area contributed by atoms with E-state index < -0.39 is 0 Å². The third-order valence-corrected chi connectivity index (χ3v) is 2.78. The molecule has 6 nitrogen and oxygen atoms in total. The van der Waals surface area contributed by atoms with E-state index in [1.807, 2.05) is 0 Å². The summed E-state index contributed by atoms with van der Waals surface area (Å²) >= 11 is 4.93. The normalized spacial score (nSPS) is 17.8. The van der Waals surface area contributed by atoms with E-state index in [4.69, 9.17) is 17.0 Å². The van der Waals surface area contributed by atoms with Gasteiger partial charge in [0.2, 0.25) is 5.91 Å². The van der Waals surface area contributed by atoms with E-state index in [-0.39, 0.29) is 11.9 Å². The number of ether oxygens (including phenoxy) is 1. The van der Waals surface area contributed by atoms with Crippen LogP contribution in [0, 0.1) is 0 Å². The Bertz CT molecular complexity index is 449. The van der Waals surface area contributed by atoms with Crippen LogP contribution in [0.2, 0.25) is 0 Å². The molecule has 2 rings (SSSR count). The summed E-state index contributed by atoms with van der Waals surface area (Å²) in [5, 5.41) is 9.28. The number of anilines is 1. The number of amides is 1. The van der Waals surface area contributed by atoms with Crippen LogP contribution < -0.4 is 20.7 Å². The van der Waals surface area contributed by atoms with Gasteiger partial charge in [0.25, 0.3) is 0 Å². The first-order valence-electron chi connectivity index (χ1n) is 5.51. The second-order valence-corrected chi connectivity index (χ2v) is 4.30. The minimum atomic E-state index is -0.100. The van der Waals surface area contributed by atoms with Crippen LogP contribution in [0.4, 0.5) is 5.82 Å². The summed E-state index contributed by atoms with van der Waals surface area (Å²) in [6.45, 7) is 0.669. The first-order chi connectivity index (χ1) is 8.67. The van der Waals surface area contributed by atoms with E-state index in [1.165, 1.54) is 0 Å². The second kappa shape index (κ2) is 5.63. The molecule has 1 unspecified atom stereocenters. The minimum absolute atomic E-state index is 0.0377. The summed E-state index contributed by atoms with van der Waals surface area (Å²) in [6.07, 6.45) is 1.90. The van der Waals surface area contributed by atoms with Crippen molar-refractivity contribution in [2.75, 3.05) is 19.0 Å². The number of nitrogens with one attached hydrogen (secondary N) is 3. The van der Waals surface area contributed by atoms with Gasteiger partial charge in [-0.15, -0.1) is 0 Å². The van der Waals surface area contributed by atoms with Crippen LogP contribution >= 0.6 is 12.2 Å². The maximum atomic E-state index is 11.7. The summed E-state index contributed by atoms with van der Waals surface area (Å²) in [6, 6.07) is 3.48. The second-order valence-electron chi connectivity index (χ2n) is 3.89. The van der Waals surface area contributed by atoms with E-state index in [0.717, 1.165) is 0 Å². The molecule has 18 heavy (non-hydrogen) atoms. The maximum Gasteiger partial charge on any atom is 0.227 e. The molecular weight excluding hydrogens is 252 g/mol. The molecule has 1 aromatic heterocycles. The summed E-state index contributed by atoms with van der Waals surface area (Å²) < 4.78 is 4.99. The molecule has 7 heteroatoms. The molecule has 0 saturated carbocycles. The molecule has 2 heterocycles. The molecule has 1 saturated heterocycles. The zero-order valence-corrected chi connectivity index (χ0v) is 10.7. The van der Waals surface area contributed by atoms with E-state index in [9.17, 15) is 4.79 Å². The van der Waals surface area contributed by atoms with Crippen molar-refractivity contribution in [3.05, 3.63) is 18.3 Å². The Kier molecular flexibility index (Phi) is 3.93. The number of aromatic nitrogens is 1. The first-order valence-corrected chi connectivity index (χ1v) is 5.92. The fourth-order valence-electron chi connectivity index (χ4n) is 1.62. The van der Waals surface area contributed by atoms with Gasteiger partial charge < -0.3 is 20.7 Å². The molecule has 0 bridgehead atoms. The number of rotatable bonds is 4. The van der Waals surface area contributed by atoms with Gasteiger partial charge in [0.05, 0.1) is 19.3 Å². The van der Waals surface area contributed by atoms with Crippen LogP contribution in [0.1, 0.15) is 6.42 Å². The van der Waals surface area contributed by atoms with Gasteiger partial charge in [0.15, 0.2) is 5.11 Å². The average Bonchev–Trinajstić information content (AvgIpc) is 2.75. The molecule has 1 fully saturated rings. The van der Waals surface area contributed by atoms with Crippen LogP contribution in [0.15, 0.2) is 18.3 Å². The number of hydrogen-bond donors (Lipinski definition) is 3. The molecule has 3 N–H and O–H groups in total. The molecule has 0 spiro atoms. The summed E-state index contributed by atoms with van der Waals surface area (Å²) in [5.41, 5.74) is 0. The van der Waals surface area contributed by atoms with Crippen LogP contribution in [-0.2, 0) is 4.79 Å². The van der Waals surface area contributed by atoms with Crippen LogP contribution in [0.5, 0.6) is 5.75 Å². The highest BCUT2D eigenvalue weighted by Gasteiger charge is 2.20. The highest BCUT2D eigenvalue weighted by Crippen LogP contribution is 2.11. The molecule has 1 amide bonds. The van der Waals surface area contributed by atoms with E-state index >= 15 is 0 Å². The molecule has 1 atom stereocenters. The predicted octanol–water partition coefficient (Wildman–Crippen LogP) is 0.265. The van der Waals surface area contributed by atoms with Crippen molar-refractivity contribution in [2.24, 2.45) is 0 Å². The Hall–Kier alpha value is -1.89. The molecule has 0 radical (unpaired) electrons. The number of nitrogens with zero attached hydrogens (tertiary/aromatic N) is 1. The average molecular weight is 266 g/mol. The van der Waals surface area contributed by atoms with Crippen LogP contribution in [-0.4, -0.2) is 35.7 Å². The Labute approximate surface area is 110 Å². The Morgan fingerprint density at radius 3 is 3.06 bits per heavy atom. The largest absolute Gasteiger partial charge is 0.495 e. The van der Waals surface area contributed by atoms with Crippen molar-refractivity contribution >= 4 is 29.1 Å². The van der Waals surface area contributed by atoms with Crippen LogP contribution in [0.25, 0.3) is 0 Å². The minimum Gasteiger partial charge on any atom is -0.495 e. The topological polar surface area (TPSA) is 75.3 Å². The van der Waals surface area contributed by atoms with Gasteiger partial charge in [-0.1, -0.05) is 0 Å². The zero-order chi connectivity index (χ0) is 13.0. The number of carbonyl (C=O) groups excluding carboxylic acids is 1. The number of pyridine rings is 1. The molecular formula is C11H14N4O2S. The van der Waals surface area contributed by atoms with Gasteiger partial charge >= 0.3 is 0 Å². The van der Waals surface area contributed by atoms with Gasteiger partial charge in [-0.05, 0) is 24.4 Å². The predicted molar refractivity (Wildman–Crippen MR) is 71.6 cm³/mol. The molecule has 0 aromatic carbocycles. The zero-order valence-electron chi connectivity index (χ0n) is 9.90. The Morgan fingerprint density at radius 2 is 2.50 bits per heavy atom. The van der Waals surface area contributed by atoms with Crippen molar-refractivity contribution in [3.8, 4) is 5.75 Å². The van der Waals surface area contributed by atoms with Crippen molar-refractivity contribution in [2.45, 2.75) is 12.5 Å². The van der Waals surface area contributed by atoms with E-state index in [1.54, 1.807) is 25.4 Å². The lowest BCUT2D eigenvalue weighted by atomic mass is 10.2. The lowest BCUT2D eigenvalue weighted by Gasteiger charge is -2.09. The molecule has 96 valence electrons. The molecule has 1 aliphatic rings. The summed E-state index contributed by atoms with van der Waals surface area (Å²) in [4.78, 5) is 15.8. The fraction of sp³-hybridized carbons (Fsp3) is 0.364. The van der Waals surface area contributed by atoms with Crippen molar-refractivity contribution in [3.63, 3.8) is 0 Å². The van der Waals surface area contributed by atoms with Gasteiger partial charge in [-0.25, -0.2) is 4.98 Å². The highest BCUT2D eigenvalue weighted by atomic mass is 32.1. The van der Waals surface area contributed by atoms with Crippen molar-refractivity contribution < 1.29 is 9.53 Å². The Balaban J connectivity index is 1.84. The van der Waals surface area contributed by atoms with Gasteiger partial charge in [-0.3, -0.25) is 4.79 Å². The first kappa shape index (κ1) is 12.6. The van der Waals surface area contributed by atoms with Crippen LogP contribution in [0.3, 0.4) is 0 Å². The van der Waals surface area contributed by atoms with E-state index in [0.29, 0.717) is 29.6 Å². The van der Waals surface area contributed by atoms with E-state index in [2.05, 4.69) is 20.9 Å². The number of thiocarbonyl (C=S) groups is 1.